The van der Waals surface area contributed by atoms with Gasteiger partial charge in [0, 0.05) is 47.7 Å². The van der Waals surface area contributed by atoms with Gasteiger partial charge >= 0.3 is 0 Å². The van der Waals surface area contributed by atoms with Crippen LogP contribution in [0.1, 0.15) is 29.6 Å². The molecule has 1 unspecified atom stereocenters. The Hall–Kier alpha value is -2.44. The van der Waals surface area contributed by atoms with Crippen molar-refractivity contribution in [2.75, 3.05) is 31.6 Å². The van der Waals surface area contributed by atoms with Crippen LogP contribution in [-0.4, -0.2) is 44.6 Å². The Kier molecular flexibility index (Phi) is 7.82. The van der Waals surface area contributed by atoms with Crippen molar-refractivity contribution in [1.82, 2.24) is 10.6 Å². The number of carbonyl (C=O) groups excluding carboxylic acids is 2. The van der Waals surface area contributed by atoms with Gasteiger partial charge in [-0.2, -0.15) is 0 Å². The quantitative estimate of drug-likeness (QED) is 0.599. The predicted octanol–water partition coefficient (Wildman–Crippen LogP) is 3.91. The molecule has 8 heteroatoms. The van der Waals surface area contributed by atoms with E-state index in [1.807, 2.05) is 12.1 Å². The van der Waals surface area contributed by atoms with E-state index in [9.17, 15) is 9.59 Å². The molecule has 1 heterocycles. The zero-order chi connectivity index (χ0) is 21.5. The SMILES string of the molecule is COc1ccc(Cl)cc1N1CCC(NC(=O)CCCNC(=O)c2ccc(Cl)cc2)C1. The van der Waals surface area contributed by atoms with Gasteiger partial charge in [0.25, 0.3) is 5.91 Å². The minimum Gasteiger partial charge on any atom is -0.495 e. The minimum atomic E-state index is -0.172. The first-order valence-electron chi connectivity index (χ1n) is 9.88. The average Bonchev–Trinajstić information content (AvgIpc) is 3.19. The van der Waals surface area contributed by atoms with E-state index < -0.39 is 0 Å². The van der Waals surface area contributed by atoms with E-state index in [0.717, 1.165) is 24.4 Å². The Labute approximate surface area is 186 Å². The third-order valence-electron chi connectivity index (χ3n) is 5.01. The molecule has 1 aliphatic heterocycles. The molecule has 30 heavy (non-hydrogen) atoms. The van der Waals surface area contributed by atoms with Crippen LogP contribution in [0.15, 0.2) is 42.5 Å². The topological polar surface area (TPSA) is 70.7 Å². The van der Waals surface area contributed by atoms with E-state index in [1.165, 1.54) is 0 Å². The highest BCUT2D eigenvalue weighted by atomic mass is 35.5. The average molecular weight is 450 g/mol. The van der Waals surface area contributed by atoms with Crippen molar-refractivity contribution in [3.05, 3.63) is 58.1 Å². The maximum absolute atomic E-state index is 12.3. The highest BCUT2D eigenvalue weighted by Gasteiger charge is 2.26. The number of amides is 2. The number of halogens is 2. The lowest BCUT2D eigenvalue weighted by Crippen LogP contribution is -2.37. The summed E-state index contributed by atoms with van der Waals surface area (Å²) >= 11 is 11.9. The first-order valence-corrected chi connectivity index (χ1v) is 10.6. The van der Waals surface area contributed by atoms with Crippen LogP contribution in [0.5, 0.6) is 5.75 Å². The van der Waals surface area contributed by atoms with Gasteiger partial charge in [-0.05, 0) is 55.3 Å². The normalized spacial score (nSPS) is 15.7. The molecule has 1 atom stereocenters. The maximum Gasteiger partial charge on any atom is 0.251 e. The maximum atomic E-state index is 12.3. The van der Waals surface area contributed by atoms with Gasteiger partial charge in [0.2, 0.25) is 5.91 Å². The van der Waals surface area contributed by atoms with Gasteiger partial charge in [0.05, 0.1) is 12.8 Å². The van der Waals surface area contributed by atoms with E-state index in [0.29, 0.717) is 41.5 Å². The number of methoxy groups -OCH3 is 1. The molecule has 0 bridgehead atoms. The fourth-order valence-electron chi connectivity index (χ4n) is 3.46. The molecule has 0 radical (unpaired) electrons. The molecule has 2 amide bonds. The third kappa shape index (κ3) is 6.03. The summed E-state index contributed by atoms with van der Waals surface area (Å²) in [6, 6.07) is 12.3. The van der Waals surface area contributed by atoms with Crippen molar-refractivity contribution in [2.24, 2.45) is 0 Å². The third-order valence-corrected chi connectivity index (χ3v) is 5.49. The highest BCUT2D eigenvalue weighted by Crippen LogP contribution is 2.33. The Morgan fingerprint density at radius 2 is 1.87 bits per heavy atom. The minimum absolute atomic E-state index is 0.0133. The summed E-state index contributed by atoms with van der Waals surface area (Å²) in [5.74, 6) is 0.581. The van der Waals surface area contributed by atoms with E-state index in [4.69, 9.17) is 27.9 Å². The molecule has 2 N–H and O–H groups in total. The number of rotatable bonds is 8. The summed E-state index contributed by atoms with van der Waals surface area (Å²) in [5, 5.41) is 7.13. The van der Waals surface area contributed by atoms with Crippen LogP contribution < -0.4 is 20.3 Å². The van der Waals surface area contributed by atoms with Gasteiger partial charge in [-0.1, -0.05) is 23.2 Å². The largest absolute Gasteiger partial charge is 0.495 e. The number of ether oxygens (including phenoxy) is 1. The summed E-state index contributed by atoms with van der Waals surface area (Å²) in [6.45, 7) is 1.96. The molecule has 1 aliphatic rings. The van der Waals surface area contributed by atoms with Crippen molar-refractivity contribution >= 4 is 40.7 Å². The molecule has 160 valence electrons. The number of carbonyl (C=O) groups is 2. The molecule has 1 fully saturated rings. The van der Waals surface area contributed by atoms with Crippen LogP contribution in [0.25, 0.3) is 0 Å². The fraction of sp³-hybridized carbons (Fsp3) is 0.364. The number of anilines is 1. The van der Waals surface area contributed by atoms with Crippen molar-refractivity contribution in [3.63, 3.8) is 0 Å². The van der Waals surface area contributed by atoms with Crippen molar-refractivity contribution < 1.29 is 14.3 Å². The van der Waals surface area contributed by atoms with Gasteiger partial charge in [-0.25, -0.2) is 0 Å². The van der Waals surface area contributed by atoms with Crippen LogP contribution in [0.4, 0.5) is 5.69 Å². The Balaban J connectivity index is 1.39. The smallest absolute Gasteiger partial charge is 0.251 e. The summed E-state index contributed by atoms with van der Waals surface area (Å²) < 4.78 is 5.42. The summed E-state index contributed by atoms with van der Waals surface area (Å²) in [5.41, 5.74) is 1.48. The number of nitrogens with one attached hydrogen (secondary N) is 2. The second kappa shape index (κ2) is 10.5. The Morgan fingerprint density at radius 3 is 2.60 bits per heavy atom. The van der Waals surface area contributed by atoms with Crippen molar-refractivity contribution in [1.29, 1.82) is 0 Å². The molecule has 0 aromatic heterocycles. The number of hydrogen-bond acceptors (Lipinski definition) is 4. The molecule has 2 aromatic rings. The van der Waals surface area contributed by atoms with Gasteiger partial charge in [0.15, 0.2) is 0 Å². The van der Waals surface area contributed by atoms with Crippen LogP contribution in [0, 0.1) is 0 Å². The first kappa shape index (κ1) is 22.2. The summed E-state index contributed by atoms with van der Waals surface area (Å²) in [7, 11) is 1.63. The second-order valence-corrected chi connectivity index (χ2v) is 8.05. The van der Waals surface area contributed by atoms with Gasteiger partial charge in [-0.15, -0.1) is 0 Å². The van der Waals surface area contributed by atoms with Crippen LogP contribution in [0.2, 0.25) is 10.0 Å². The monoisotopic (exact) mass is 449 g/mol. The molecule has 6 nitrogen and oxygen atoms in total. The Morgan fingerprint density at radius 1 is 1.13 bits per heavy atom. The molecule has 0 aliphatic carbocycles. The van der Waals surface area contributed by atoms with Crippen LogP contribution >= 0.6 is 23.2 Å². The van der Waals surface area contributed by atoms with Gasteiger partial charge < -0.3 is 20.3 Å². The van der Waals surface area contributed by atoms with Gasteiger partial charge in [0.1, 0.15) is 5.75 Å². The number of hydrogen-bond donors (Lipinski definition) is 2. The van der Waals surface area contributed by atoms with E-state index in [-0.39, 0.29) is 17.9 Å². The van der Waals surface area contributed by atoms with E-state index in [1.54, 1.807) is 37.4 Å². The highest BCUT2D eigenvalue weighted by molar-refractivity contribution is 6.31. The summed E-state index contributed by atoms with van der Waals surface area (Å²) in [4.78, 5) is 26.5. The molecular weight excluding hydrogens is 425 g/mol. The lowest BCUT2D eigenvalue weighted by Gasteiger charge is -2.21. The van der Waals surface area contributed by atoms with Crippen molar-refractivity contribution in [2.45, 2.75) is 25.3 Å². The number of benzene rings is 2. The lowest BCUT2D eigenvalue weighted by molar-refractivity contribution is -0.121. The molecule has 2 aromatic carbocycles. The van der Waals surface area contributed by atoms with E-state index in [2.05, 4.69) is 15.5 Å². The molecule has 1 saturated heterocycles. The first-order chi connectivity index (χ1) is 14.5. The van der Waals surface area contributed by atoms with Crippen LogP contribution in [0.3, 0.4) is 0 Å². The fourth-order valence-corrected chi connectivity index (χ4v) is 3.75. The second-order valence-electron chi connectivity index (χ2n) is 7.18. The zero-order valence-electron chi connectivity index (χ0n) is 16.8. The van der Waals surface area contributed by atoms with Crippen molar-refractivity contribution in [3.8, 4) is 5.75 Å². The summed E-state index contributed by atoms with van der Waals surface area (Å²) in [6.07, 6.45) is 1.79. The zero-order valence-corrected chi connectivity index (χ0v) is 18.3. The molecule has 0 spiro atoms. The molecule has 0 saturated carbocycles. The predicted molar refractivity (Wildman–Crippen MR) is 120 cm³/mol. The van der Waals surface area contributed by atoms with E-state index >= 15 is 0 Å². The standard InChI is InChI=1S/C22H25Cl2N3O3/c1-30-20-9-8-17(24)13-19(20)27-12-10-18(14-27)26-21(28)3-2-11-25-22(29)15-4-6-16(23)7-5-15/h4-9,13,18H,2-3,10-12,14H2,1H3,(H,25,29)(H,26,28). The van der Waals surface area contributed by atoms with Crippen LogP contribution in [-0.2, 0) is 4.79 Å². The Bertz CT molecular complexity index is 890. The number of nitrogens with zero attached hydrogens (tertiary/aromatic N) is 1. The molecular formula is C22H25Cl2N3O3. The van der Waals surface area contributed by atoms with Gasteiger partial charge in [-0.3, -0.25) is 9.59 Å². The molecule has 3 rings (SSSR count). The lowest BCUT2D eigenvalue weighted by atomic mass is 10.2.